The Bertz CT molecular complexity index is 790. The van der Waals surface area contributed by atoms with Crippen LogP contribution in [0.15, 0.2) is 48.5 Å². The fourth-order valence-corrected chi connectivity index (χ4v) is 2.40. The van der Waals surface area contributed by atoms with E-state index in [4.69, 9.17) is 11.6 Å². The quantitative estimate of drug-likeness (QED) is 0.859. The maximum Gasteiger partial charge on any atom is 0.244 e. The van der Waals surface area contributed by atoms with Gasteiger partial charge in [-0.15, -0.1) is 0 Å². The Balaban J connectivity index is 2.04. The number of carbonyl (C=O) groups is 3. The number of rotatable bonds is 5. The molecule has 2 aromatic rings. The maximum absolute atomic E-state index is 12.2. The number of halogens is 1. The lowest BCUT2D eigenvalue weighted by molar-refractivity contribution is -0.120. The molecule has 0 bridgehead atoms. The molecule has 7 heteroatoms. The van der Waals surface area contributed by atoms with Gasteiger partial charge in [0.15, 0.2) is 0 Å². The third kappa shape index (κ3) is 5.61. The molecule has 0 atom stereocenters. The van der Waals surface area contributed by atoms with Crippen LogP contribution in [0.1, 0.15) is 13.8 Å². The zero-order chi connectivity index (χ0) is 18.4. The third-order valence-electron chi connectivity index (χ3n) is 3.29. The summed E-state index contributed by atoms with van der Waals surface area (Å²) in [6.07, 6.45) is 0. The minimum atomic E-state index is -0.345. The highest BCUT2D eigenvalue weighted by molar-refractivity contribution is 6.31. The highest BCUT2D eigenvalue weighted by atomic mass is 35.5. The number of carbonyl (C=O) groups excluding carboxylic acids is 3. The second-order valence-corrected chi connectivity index (χ2v) is 5.83. The molecule has 2 aromatic carbocycles. The molecule has 25 heavy (non-hydrogen) atoms. The first-order valence-electron chi connectivity index (χ1n) is 7.56. The van der Waals surface area contributed by atoms with Crippen LogP contribution in [-0.2, 0) is 14.4 Å². The highest BCUT2D eigenvalue weighted by Gasteiger charge is 2.16. The number of amides is 3. The highest BCUT2D eigenvalue weighted by Crippen LogP contribution is 2.20. The Morgan fingerprint density at radius 3 is 2.08 bits per heavy atom. The van der Waals surface area contributed by atoms with Crippen molar-refractivity contribution in [3.05, 3.63) is 53.6 Å². The van der Waals surface area contributed by atoms with Crippen molar-refractivity contribution >= 4 is 46.4 Å². The van der Waals surface area contributed by atoms with Crippen LogP contribution in [0, 0.1) is 0 Å². The topological polar surface area (TPSA) is 78.5 Å². The van der Waals surface area contributed by atoms with E-state index in [0.29, 0.717) is 22.1 Å². The van der Waals surface area contributed by atoms with Crippen LogP contribution in [0.5, 0.6) is 0 Å². The standard InChI is InChI=1S/C18H18ClN3O3/c1-12(23)20-15-6-8-16(9-7-15)21-18(25)11-22(13(2)24)17-5-3-4-14(19)10-17/h3-10H,11H2,1-2H3,(H,20,23)(H,21,25). The summed E-state index contributed by atoms with van der Waals surface area (Å²) in [7, 11) is 0. The van der Waals surface area contributed by atoms with Crippen LogP contribution >= 0.6 is 11.6 Å². The minimum Gasteiger partial charge on any atom is -0.326 e. The second kappa shape index (κ2) is 8.30. The van der Waals surface area contributed by atoms with Gasteiger partial charge in [0.05, 0.1) is 0 Å². The van der Waals surface area contributed by atoms with Gasteiger partial charge in [-0.1, -0.05) is 17.7 Å². The molecule has 2 rings (SSSR count). The molecule has 0 heterocycles. The van der Waals surface area contributed by atoms with Crippen LogP contribution in [0.3, 0.4) is 0 Å². The van der Waals surface area contributed by atoms with Gasteiger partial charge in [0.2, 0.25) is 17.7 Å². The molecular formula is C18H18ClN3O3. The maximum atomic E-state index is 12.2. The van der Waals surface area contributed by atoms with Gasteiger partial charge in [0.25, 0.3) is 0 Å². The molecule has 0 spiro atoms. The van der Waals surface area contributed by atoms with E-state index in [9.17, 15) is 14.4 Å². The predicted octanol–water partition coefficient (Wildman–Crippen LogP) is 3.29. The number of benzene rings is 2. The molecule has 130 valence electrons. The number of nitrogens with zero attached hydrogens (tertiary/aromatic N) is 1. The summed E-state index contributed by atoms with van der Waals surface area (Å²) in [6, 6.07) is 13.4. The van der Waals surface area contributed by atoms with Crippen molar-refractivity contribution in [3.63, 3.8) is 0 Å². The Labute approximate surface area is 150 Å². The van der Waals surface area contributed by atoms with Crippen molar-refractivity contribution in [1.82, 2.24) is 0 Å². The van der Waals surface area contributed by atoms with Gasteiger partial charge in [-0.2, -0.15) is 0 Å². The molecule has 6 nitrogen and oxygen atoms in total. The Hall–Kier alpha value is -2.86. The Morgan fingerprint density at radius 1 is 0.960 bits per heavy atom. The van der Waals surface area contributed by atoms with E-state index >= 15 is 0 Å². The van der Waals surface area contributed by atoms with Crippen molar-refractivity contribution < 1.29 is 14.4 Å². The van der Waals surface area contributed by atoms with Gasteiger partial charge in [0, 0.05) is 35.9 Å². The van der Waals surface area contributed by atoms with Gasteiger partial charge in [0.1, 0.15) is 6.54 Å². The van der Waals surface area contributed by atoms with Crippen molar-refractivity contribution in [1.29, 1.82) is 0 Å². The van der Waals surface area contributed by atoms with Gasteiger partial charge in [-0.25, -0.2) is 0 Å². The van der Waals surface area contributed by atoms with E-state index in [0.717, 1.165) is 0 Å². The Morgan fingerprint density at radius 2 is 1.56 bits per heavy atom. The molecule has 0 aromatic heterocycles. The third-order valence-corrected chi connectivity index (χ3v) is 3.53. The minimum absolute atomic E-state index is 0.136. The van der Waals surface area contributed by atoms with Gasteiger partial charge < -0.3 is 15.5 Å². The smallest absolute Gasteiger partial charge is 0.244 e. The molecule has 0 saturated carbocycles. The lowest BCUT2D eigenvalue weighted by atomic mass is 10.2. The number of anilines is 3. The van der Waals surface area contributed by atoms with E-state index in [2.05, 4.69) is 10.6 Å². The average Bonchev–Trinajstić information content (AvgIpc) is 2.53. The Kier molecular flexibility index (Phi) is 6.14. The molecule has 0 fully saturated rings. The van der Waals surface area contributed by atoms with Crippen LogP contribution in [-0.4, -0.2) is 24.3 Å². The number of hydrogen-bond acceptors (Lipinski definition) is 3. The summed E-state index contributed by atoms with van der Waals surface area (Å²) in [5.41, 5.74) is 1.75. The van der Waals surface area contributed by atoms with Crippen LogP contribution in [0.2, 0.25) is 5.02 Å². The van der Waals surface area contributed by atoms with Crippen LogP contribution < -0.4 is 15.5 Å². The summed E-state index contributed by atoms with van der Waals surface area (Å²) >= 11 is 5.94. The molecule has 0 aliphatic carbocycles. The molecule has 0 aliphatic heterocycles. The monoisotopic (exact) mass is 359 g/mol. The van der Waals surface area contributed by atoms with Crippen molar-refractivity contribution in [3.8, 4) is 0 Å². The summed E-state index contributed by atoms with van der Waals surface area (Å²) in [5, 5.41) is 5.84. The molecule has 0 aliphatic rings. The summed E-state index contributed by atoms with van der Waals surface area (Å²) < 4.78 is 0. The van der Waals surface area contributed by atoms with Gasteiger partial charge >= 0.3 is 0 Å². The van der Waals surface area contributed by atoms with E-state index in [1.165, 1.54) is 18.7 Å². The van der Waals surface area contributed by atoms with Crippen molar-refractivity contribution in [2.24, 2.45) is 0 Å². The van der Waals surface area contributed by atoms with Crippen molar-refractivity contribution in [2.45, 2.75) is 13.8 Å². The largest absolute Gasteiger partial charge is 0.326 e. The first-order chi connectivity index (χ1) is 11.8. The molecule has 0 radical (unpaired) electrons. The summed E-state index contributed by atoms with van der Waals surface area (Å²) in [5.74, 6) is -0.781. The SMILES string of the molecule is CC(=O)Nc1ccc(NC(=O)CN(C(C)=O)c2cccc(Cl)c2)cc1. The van der Waals surface area contributed by atoms with E-state index in [1.54, 1.807) is 48.5 Å². The first-order valence-corrected chi connectivity index (χ1v) is 7.94. The van der Waals surface area contributed by atoms with Crippen LogP contribution in [0.25, 0.3) is 0 Å². The summed E-state index contributed by atoms with van der Waals surface area (Å²) in [6.45, 7) is 2.67. The lowest BCUT2D eigenvalue weighted by Gasteiger charge is -2.21. The zero-order valence-electron chi connectivity index (χ0n) is 13.9. The molecule has 3 amide bonds. The zero-order valence-corrected chi connectivity index (χ0v) is 14.6. The van der Waals surface area contributed by atoms with E-state index in [-0.39, 0.29) is 24.3 Å². The average molecular weight is 360 g/mol. The predicted molar refractivity (Wildman–Crippen MR) is 98.9 cm³/mol. The van der Waals surface area contributed by atoms with Gasteiger partial charge in [-0.05, 0) is 42.5 Å². The fourth-order valence-electron chi connectivity index (χ4n) is 2.21. The summed E-state index contributed by atoms with van der Waals surface area (Å²) in [4.78, 5) is 36.4. The molecule has 0 unspecified atom stereocenters. The molecule has 2 N–H and O–H groups in total. The fraction of sp³-hybridized carbons (Fsp3) is 0.167. The first kappa shape index (κ1) is 18.5. The number of nitrogens with one attached hydrogen (secondary N) is 2. The second-order valence-electron chi connectivity index (χ2n) is 5.39. The van der Waals surface area contributed by atoms with E-state index < -0.39 is 0 Å². The molecular weight excluding hydrogens is 342 g/mol. The number of hydrogen-bond donors (Lipinski definition) is 2. The lowest BCUT2D eigenvalue weighted by Crippen LogP contribution is -2.36. The van der Waals surface area contributed by atoms with Gasteiger partial charge in [-0.3, -0.25) is 14.4 Å². The van der Waals surface area contributed by atoms with E-state index in [1.807, 2.05) is 0 Å². The normalized spacial score (nSPS) is 10.0. The van der Waals surface area contributed by atoms with Crippen molar-refractivity contribution in [2.75, 3.05) is 22.1 Å². The van der Waals surface area contributed by atoms with Crippen LogP contribution in [0.4, 0.5) is 17.1 Å². The molecule has 0 saturated heterocycles.